The van der Waals surface area contributed by atoms with Gasteiger partial charge in [0.05, 0.1) is 5.71 Å². The van der Waals surface area contributed by atoms with Gasteiger partial charge in [0.2, 0.25) is 0 Å². The summed E-state index contributed by atoms with van der Waals surface area (Å²) < 4.78 is 0. The van der Waals surface area contributed by atoms with Crippen LogP contribution in [0, 0.1) is 6.92 Å². The van der Waals surface area contributed by atoms with Crippen molar-refractivity contribution in [3.05, 3.63) is 29.3 Å². The van der Waals surface area contributed by atoms with Gasteiger partial charge in [0.25, 0.3) is 0 Å². The molecule has 0 fully saturated rings. The summed E-state index contributed by atoms with van der Waals surface area (Å²) in [5.74, 6) is 0.198. The van der Waals surface area contributed by atoms with Gasteiger partial charge in [0.1, 0.15) is 5.75 Å². The Morgan fingerprint density at radius 1 is 0.955 bits per heavy atom. The summed E-state index contributed by atoms with van der Waals surface area (Å²) in [4.78, 5) is 0. The Balaban J connectivity index is 2.22. The van der Waals surface area contributed by atoms with E-state index in [0.29, 0.717) is 17.7 Å². The van der Waals surface area contributed by atoms with Crippen LogP contribution in [0.1, 0.15) is 82.3 Å². The SMILES string of the molecule is CCCCCCCCCCCC(=NO)c1ccc(C)cc1O. The fourth-order valence-corrected chi connectivity index (χ4v) is 2.73. The molecule has 0 bridgehead atoms. The Morgan fingerprint density at radius 2 is 1.55 bits per heavy atom. The minimum atomic E-state index is 0.198. The second kappa shape index (κ2) is 11.1. The van der Waals surface area contributed by atoms with Gasteiger partial charge in [-0.15, -0.1) is 0 Å². The molecule has 0 aliphatic heterocycles. The molecule has 0 aromatic heterocycles. The fourth-order valence-electron chi connectivity index (χ4n) is 2.73. The molecule has 0 saturated heterocycles. The second-order valence-electron chi connectivity index (χ2n) is 6.15. The predicted molar refractivity (Wildman–Crippen MR) is 93.0 cm³/mol. The lowest BCUT2D eigenvalue weighted by Crippen LogP contribution is -2.02. The highest BCUT2D eigenvalue weighted by molar-refractivity contribution is 6.02. The maximum absolute atomic E-state index is 9.94. The Morgan fingerprint density at radius 3 is 2.09 bits per heavy atom. The molecule has 3 nitrogen and oxygen atoms in total. The van der Waals surface area contributed by atoms with E-state index in [0.717, 1.165) is 18.4 Å². The number of hydrogen-bond acceptors (Lipinski definition) is 3. The number of unbranched alkanes of at least 4 members (excludes halogenated alkanes) is 8. The van der Waals surface area contributed by atoms with Crippen LogP contribution in [0.5, 0.6) is 5.75 Å². The van der Waals surface area contributed by atoms with Gasteiger partial charge >= 0.3 is 0 Å². The third-order valence-electron chi connectivity index (χ3n) is 4.10. The number of aromatic hydroxyl groups is 1. The highest BCUT2D eigenvalue weighted by atomic mass is 16.4. The highest BCUT2D eigenvalue weighted by Gasteiger charge is 2.09. The Labute approximate surface area is 135 Å². The fraction of sp³-hybridized carbons (Fsp3) is 0.632. The molecule has 3 heteroatoms. The van der Waals surface area contributed by atoms with Crippen LogP contribution in [0.3, 0.4) is 0 Å². The zero-order valence-corrected chi connectivity index (χ0v) is 14.1. The zero-order valence-electron chi connectivity index (χ0n) is 14.1. The van der Waals surface area contributed by atoms with Crippen LogP contribution in [0.4, 0.5) is 0 Å². The molecular formula is C19H31NO2. The molecule has 0 heterocycles. The van der Waals surface area contributed by atoms with Crippen LogP contribution in [0.2, 0.25) is 0 Å². The number of rotatable bonds is 11. The van der Waals surface area contributed by atoms with Gasteiger partial charge in [-0.3, -0.25) is 0 Å². The van der Waals surface area contributed by atoms with Crippen molar-refractivity contribution < 1.29 is 10.3 Å². The molecule has 1 rings (SSSR count). The van der Waals surface area contributed by atoms with E-state index in [1.54, 1.807) is 6.07 Å². The van der Waals surface area contributed by atoms with Crippen molar-refractivity contribution in [3.8, 4) is 5.75 Å². The molecule has 124 valence electrons. The maximum Gasteiger partial charge on any atom is 0.125 e. The summed E-state index contributed by atoms with van der Waals surface area (Å²) in [6, 6.07) is 5.46. The summed E-state index contributed by atoms with van der Waals surface area (Å²) in [6.45, 7) is 4.17. The van der Waals surface area contributed by atoms with Crippen molar-refractivity contribution >= 4 is 5.71 Å². The van der Waals surface area contributed by atoms with E-state index in [9.17, 15) is 10.3 Å². The Bertz CT molecular complexity index is 455. The van der Waals surface area contributed by atoms with Crippen LogP contribution in [0.15, 0.2) is 23.4 Å². The maximum atomic E-state index is 9.94. The molecule has 22 heavy (non-hydrogen) atoms. The van der Waals surface area contributed by atoms with Gasteiger partial charge < -0.3 is 10.3 Å². The molecule has 1 aromatic rings. The van der Waals surface area contributed by atoms with Crippen molar-refractivity contribution in [1.82, 2.24) is 0 Å². The van der Waals surface area contributed by atoms with Crippen molar-refractivity contribution in [2.24, 2.45) is 5.16 Å². The van der Waals surface area contributed by atoms with E-state index in [1.165, 1.54) is 44.9 Å². The molecule has 0 unspecified atom stereocenters. The zero-order chi connectivity index (χ0) is 16.2. The summed E-state index contributed by atoms with van der Waals surface area (Å²) >= 11 is 0. The number of nitrogens with zero attached hydrogens (tertiary/aromatic N) is 1. The lowest BCUT2D eigenvalue weighted by Gasteiger charge is -2.08. The van der Waals surface area contributed by atoms with E-state index in [4.69, 9.17) is 0 Å². The highest BCUT2D eigenvalue weighted by Crippen LogP contribution is 2.22. The molecule has 0 atom stereocenters. The number of oxime groups is 1. The molecule has 0 aliphatic carbocycles. The van der Waals surface area contributed by atoms with E-state index in [2.05, 4.69) is 12.1 Å². The predicted octanol–water partition coefficient (Wildman–Crippen LogP) is 5.80. The monoisotopic (exact) mass is 305 g/mol. The normalized spacial score (nSPS) is 11.8. The lowest BCUT2D eigenvalue weighted by atomic mass is 10.0. The van der Waals surface area contributed by atoms with Gasteiger partial charge in [-0.25, -0.2) is 0 Å². The van der Waals surface area contributed by atoms with Gasteiger partial charge in [-0.2, -0.15) is 0 Å². The standard InChI is InChI=1S/C19H31NO2/c1-3-4-5-6-7-8-9-10-11-12-18(20-22)17-14-13-16(2)15-19(17)21/h13-15,21-22H,3-12H2,1-2H3. The molecule has 1 aromatic carbocycles. The van der Waals surface area contributed by atoms with E-state index < -0.39 is 0 Å². The van der Waals surface area contributed by atoms with Crippen LogP contribution in [0.25, 0.3) is 0 Å². The van der Waals surface area contributed by atoms with Crippen molar-refractivity contribution in [1.29, 1.82) is 0 Å². The molecule has 0 radical (unpaired) electrons. The minimum absolute atomic E-state index is 0.198. The van der Waals surface area contributed by atoms with Gasteiger partial charge in [0.15, 0.2) is 0 Å². The molecule has 0 amide bonds. The van der Waals surface area contributed by atoms with E-state index in [-0.39, 0.29) is 5.75 Å². The summed E-state index contributed by atoms with van der Waals surface area (Å²) in [7, 11) is 0. The summed E-state index contributed by atoms with van der Waals surface area (Å²) in [6.07, 6.45) is 12.1. The number of phenols is 1. The number of hydrogen-bond donors (Lipinski definition) is 2. The molecule has 2 N–H and O–H groups in total. The summed E-state index contributed by atoms with van der Waals surface area (Å²) in [5.41, 5.74) is 2.23. The van der Waals surface area contributed by atoms with Crippen LogP contribution >= 0.6 is 0 Å². The van der Waals surface area contributed by atoms with Crippen molar-refractivity contribution in [2.75, 3.05) is 0 Å². The van der Waals surface area contributed by atoms with Gasteiger partial charge in [-0.1, -0.05) is 69.5 Å². The van der Waals surface area contributed by atoms with Crippen LogP contribution in [-0.2, 0) is 0 Å². The molecular weight excluding hydrogens is 274 g/mol. The topological polar surface area (TPSA) is 52.8 Å². The smallest absolute Gasteiger partial charge is 0.125 e. The Kier molecular flexibility index (Phi) is 9.36. The van der Waals surface area contributed by atoms with Crippen molar-refractivity contribution in [2.45, 2.75) is 78.1 Å². The van der Waals surface area contributed by atoms with E-state index in [1.807, 2.05) is 19.1 Å². The first kappa shape index (κ1) is 18.5. The number of benzene rings is 1. The second-order valence-corrected chi connectivity index (χ2v) is 6.15. The number of phenolic OH excluding ortho intramolecular Hbond substituents is 1. The first-order valence-electron chi connectivity index (χ1n) is 8.70. The average molecular weight is 305 g/mol. The number of aryl methyl sites for hydroxylation is 1. The lowest BCUT2D eigenvalue weighted by molar-refractivity contribution is 0.317. The van der Waals surface area contributed by atoms with Crippen LogP contribution < -0.4 is 0 Å². The molecule has 0 aliphatic rings. The molecule has 0 saturated carbocycles. The van der Waals surface area contributed by atoms with Crippen LogP contribution in [-0.4, -0.2) is 16.0 Å². The first-order valence-corrected chi connectivity index (χ1v) is 8.70. The third kappa shape index (κ3) is 6.97. The average Bonchev–Trinajstić information content (AvgIpc) is 2.50. The third-order valence-corrected chi connectivity index (χ3v) is 4.10. The minimum Gasteiger partial charge on any atom is -0.507 e. The molecule has 0 spiro atoms. The van der Waals surface area contributed by atoms with E-state index >= 15 is 0 Å². The van der Waals surface area contributed by atoms with Crippen molar-refractivity contribution in [3.63, 3.8) is 0 Å². The summed E-state index contributed by atoms with van der Waals surface area (Å²) in [5, 5.41) is 22.5. The van der Waals surface area contributed by atoms with Gasteiger partial charge in [0, 0.05) is 5.56 Å². The Hall–Kier alpha value is -1.51. The van der Waals surface area contributed by atoms with Gasteiger partial charge in [-0.05, 0) is 37.5 Å². The largest absolute Gasteiger partial charge is 0.507 e. The first-order chi connectivity index (χ1) is 10.7. The quantitative estimate of drug-likeness (QED) is 0.235.